The van der Waals surface area contributed by atoms with Crippen LogP contribution in [0, 0.1) is 11.8 Å². The Morgan fingerprint density at radius 3 is 2.61 bits per heavy atom. The van der Waals surface area contributed by atoms with Crippen molar-refractivity contribution in [1.82, 2.24) is 0 Å². The topological polar surface area (TPSA) is 12.0 Å². The number of nitrogens with one attached hydrogen (secondary N) is 1. The summed E-state index contributed by atoms with van der Waals surface area (Å²) in [5, 5.41) is 3.60. The maximum Gasteiger partial charge on any atom is 0.0340 e. The van der Waals surface area contributed by atoms with Crippen molar-refractivity contribution in [2.75, 3.05) is 11.9 Å². The predicted molar refractivity (Wildman–Crippen MR) is 80.0 cm³/mol. The largest absolute Gasteiger partial charge is 0.385 e. The highest BCUT2D eigenvalue weighted by Crippen LogP contribution is 2.28. The highest BCUT2D eigenvalue weighted by atomic mass is 14.9. The van der Waals surface area contributed by atoms with Crippen LogP contribution in [0.15, 0.2) is 24.3 Å². The molecule has 0 aromatic heterocycles. The highest BCUT2D eigenvalue weighted by molar-refractivity contribution is 5.44. The third-order valence-electron chi connectivity index (χ3n) is 4.13. The van der Waals surface area contributed by atoms with Gasteiger partial charge in [-0.15, -0.1) is 0 Å². The molecule has 1 aromatic carbocycles. The second-order valence-electron chi connectivity index (χ2n) is 5.97. The van der Waals surface area contributed by atoms with Crippen LogP contribution in [0.25, 0.3) is 0 Å². The molecule has 1 aromatic rings. The van der Waals surface area contributed by atoms with E-state index in [0.29, 0.717) is 0 Å². The molecule has 0 saturated heterocycles. The Balaban J connectivity index is 1.78. The summed E-state index contributed by atoms with van der Waals surface area (Å²) in [6.07, 6.45) is 8.09. The molecule has 1 nitrogen and oxygen atoms in total. The van der Waals surface area contributed by atoms with Crippen molar-refractivity contribution in [1.29, 1.82) is 0 Å². The maximum atomic E-state index is 3.60. The fourth-order valence-electron chi connectivity index (χ4n) is 3.09. The molecule has 100 valence electrons. The van der Waals surface area contributed by atoms with Crippen molar-refractivity contribution in [2.45, 2.75) is 52.4 Å². The molecule has 0 amide bonds. The average Bonchev–Trinajstić information content (AvgIpc) is 2.38. The van der Waals surface area contributed by atoms with Crippen LogP contribution in [0.5, 0.6) is 0 Å². The molecule has 0 spiro atoms. The molecule has 2 unspecified atom stereocenters. The minimum Gasteiger partial charge on any atom is -0.385 e. The van der Waals surface area contributed by atoms with Gasteiger partial charge >= 0.3 is 0 Å². The van der Waals surface area contributed by atoms with Crippen LogP contribution in [0.4, 0.5) is 5.69 Å². The average molecular weight is 245 g/mol. The standard InChI is InChI=1S/C17H27N/c1-3-5-15-8-10-17(11-9-15)18-13-16-7-4-6-14(2)12-16/h8-11,14,16,18H,3-7,12-13H2,1-2H3. The van der Waals surface area contributed by atoms with Gasteiger partial charge < -0.3 is 5.32 Å². The van der Waals surface area contributed by atoms with E-state index in [1.165, 1.54) is 49.8 Å². The minimum absolute atomic E-state index is 0.879. The molecule has 1 aliphatic rings. The van der Waals surface area contributed by atoms with Gasteiger partial charge in [-0.2, -0.15) is 0 Å². The molecule has 2 rings (SSSR count). The van der Waals surface area contributed by atoms with Crippen molar-refractivity contribution in [3.63, 3.8) is 0 Å². The van der Waals surface area contributed by atoms with Gasteiger partial charge in [-0.25, -0.2) is 0 Å². The van der Waals surface area contributed by atoms with Crippen molar-refractivity contribution in [3.05, 3.63) is 29.8 Å². The van der Waals surface area contributed by atoms with Crippen LogP contribution in [0.2, 0.25) is 0 Å². The van der Waals surface area contributed by atoms with Crippen molar-refractivity contribution in [3.8, 4) is 0 Å². The van der Waals surface area contributed by atoms with Crippen LogP contribution >= 0.6 is 0 Å². The maximum absolute atomic E-state index is 3.60. The second kappa shape index (κ2) is 6.82. The van der Waals surface area contributed by atoms with Crippen molar-refractivity contribution < 1.29 is 0 Å². The summed E-state index contributed by atoms with van der Waals surface area (Å²) in [6.45, 7) is 5.78. The Labute approximate surface area is 112 Å². The Hall–Kier alpha value is -0.980. The van der Waals surface area contributed by atoms with E-state index in [9.17, 15) is 0 Å². The lowest BCUT2D eigenvalue weighted by molar-refractivity contribution is 0.293. The minimum atomic E-state index is 0.879. The van der Waals surface area contributed by atoms with Gasteiger partial charge in [-0.3, -0.25) is 0 Å². The number of hydrogen-bond acceptors (Lipinski definition) is 1. The Morgan fingerprint density at radius 2 is 1.94 bits per heavy atom. The molecule has 1 saturated carbocycles. The molecule has 1 aliphatic carbocycles. The van der Waals surface area contributed by atoms with Crippen LogP contribution < -0.4 is 5.32 Å². The van der Waals surface area contributed by atoms with E-state index in [2.05, 4.69) is 43.4 Å². The molecular formula is C17H27N. The zero-order valence-electron chi connectivity index (χ0n) is 11.9. The Bertz CT molecular complexity index is 341. The van der Waals surface area contributed by atoms with Gasteiger partial charge in [-0.05, 0) is 48.8 Å². The number of hydrogen-bond donors (Lipinski definition) is 1. The lowest BCUT2D eigenvalue weighted by atomic mass is 9.82. The van der Waals surface area contributed by atoms with Crippen LogP contribution in [-0.4, -0.2) is 6.54 Å². The molecular weight excluding hydrogens is 218 g/mol. The molecule has 1 heteroatoms. The number of rotatable bonds is 5. The van der Waals surface area contributed by atoms with E-state index in [-0.39, 0.29) is 0 Å². The molecule has 0 heterocycles. The van der Waals surface area contributed by atoms with E-state index in [4.69, 9.17) is 0 Å². The van der Waals surface area contributed by atoms with Gasteiger partial charge in [-0.1, -0.05) is 45.2 Å². The summed E-state index contributed by atoms with van der Waals surface area (Å²) >= 11 is 0. The fraction of sp³-hybridized carbons (Fsp3) is 0.647. The first-order valence-corrected chi connectivity index (χ1v) is 7.60. The van der Waals surface area contributed by atoms with Gasteiger partial charge in [0.2, 0.25) is 0 Å². The van der Waals surface area contributed by atoms with E-state index in [0.717, 1.165) is 18.4 Å². The normalized spacial score (nSPS) is 23.9. The highest BCUT2D eigenvalue weighted by Gasteiger charge is 2.18. The third kappa shape index (κ3) is 4.04. The molecule has 18 heavy (non-hydrogen) atoms. The molecule has 0 radical (unpaired) electrons. The Morgan fingerprint density at radius 1 is 1.17 bits per heavy atom. The number of anilines is 1. The summed E-state index contributed by atoms with van der Waals surface area (Å²) in [5.41, 5.74) is 2.74. The summed E-state index contributed by atoms with van der Waals surface area (Å²) in [7, 11) is 0. The first-order valence-electron chi connectivity index (χ1n) is 7.60. The first kappa shape index (κ1) is 13.5. The quantitative estimate of drug-likeness (QED) is 0.779. The molecule has 0 bridgehead atoms. The molecule has 2 atom stereocenters. The summed E-state index contributed by atoms with van der Waals surface area (Å²) < 4.78 is 0. The van der Waals surface area contributed by atoms with Gasteiger partial charge in [0.25, 0.3) is 0 Å². The monoisotopic (exact) mass is 245 g/mol. The molecule has 0 aliphatic heterocycles. The van der Waals surface area contributed by atoms with Crippen LogP contribution in [0.1, 0.15) is 51.5 Å². The lowest BCUT2D eigenvalue weighted by Crippen LogP contribution is -2.20. The van der Waals surface area contributed by atoms with Crippen molar-refractivity contribution in [2.24, 2.45) is 11.8 Å². The van der Waals surface area contributed by atoms with E-state index >= 15 is 0 Å². The summed E-state index contributed by atoms with van der Waals surface area (Å²) in [6, 6.07) is 8.99. The fourth-order valence-corrected chi connectivity index (χ4v) is 3.09. The number of aryl methyl sites for hydroxylation is 1. The molecule has 1 fully saturated rings. The SMILES string of the molecule is CCCc1ccc(NCC2CCCC(C)C2)cc1. The van der Waals surface area contributed by atoms with Gasteiger partial charge in [0, 0.05) is 12.2 Å². The molecule has 1 N–H and O–H groups in total. The third-order valence-corrected chi connectivity index (χ3v) is 4.13. The first-order chi connectivity index (χ1) is 8.78. The lowest BCUT2D eigenvalue weighted by Gasteiger charge is -2.27. The van der Waals surface area contributed by atoms with E-state index in [1.807, 2.05) is 0 Å². The van der Waals surface area contributed by atoms with Crippen molar-refractivity contribution >= 4 is 5.69 Å². The van der Waals surface area contributed by atoms with Crippen LogP contribution in [0.3, 0.4) is 0 Å². The van der Waals surface area contributed by atoms with E-state index < -0.39 is 0 Å². The van der Waals surface area contributed by atoms with E-state index in [1.54, 1.807) is 0 Å². The summed E-state index contributed by atoms with van der Waals surface area (Å²) in [4.78, 5) is 0. The van der Waals surface area contributed by atoms with Gasteiger partial charge in [0.1, 0.15) is 0 Å². The second-order valence-corrected chi connectivity index (χ2v) is 5.97. The number of benzene rings is 1. The zero-order chi connectivity index (χ0) is 12.8. The summed E-state index contributed by atoms with van der Waals surface area (Å²) in [5.74, 6) is 1.81. The van der Waals surface area contributed by atoms with Gasteiger partial charge in [0.15, 0.2) is 0 Å². The zero-order valence-corrected chi connectivity index (χ0v) is 11.9. The Kier molecular flexibility index (Phi) is 5.10. The van der Waals surface area contributed by atoms with Gasteiger partial charge in [0.05, 0.1) is 0 Å². The predicted octanol–water partition coefficient (Wildman–Crippen LogP) is 4.88. The van der Waals surface area contributed by atoms with Crippen LogP contribution in [-0.2, 0) is 6.42 Å². The smallest absolute Gasteiger partial charge is 0.0340 e.